The van der Waals surface area contributed by atoms with Gasteiger partial charge in [-0.2, -0.15) is 0 Å². The first-order valence-electron chi connectivity index (χ1n) is 6.28. The van der Waals surface area contributed by atoms with Crippen molar-refractivity contribution < 1.29 is 9.53 Å². The standard InChI is InChI=1S/C14H19BrN2O2/c1-13(2,3)19-12(18)17-8-14(4,5)9-6-7-10(15)16-11(9)17/h6-7H,8H2,1-5H3. The average Bonchev–Trinajstić information content (AvgIpc) is 2.48. The Morgan fingerprint density at radius 3 is 2.63 bits per heavy atom. The van der Waals surface area contributed by atoms with Crippen LogP contribution in [0, 0.1) is 0 Å². The fraction of sp³-hybridized carbons (Fsp3) is 0.571. The number of hydrogen-bond donors (Lipinski definition) is 0. The number of rotatable bonds is 0. The molecule has 0 radical (unpaired) electrons. The van der Waals surface area contributed by atoms with Crippen LogP contribution in [0.25, 0.3) is 0 Å². The Hall–Kier alpha value is -1.10. The molecule has 1 amide bonds. The van der Waals surface area contributed by atoms with Crippen LogP contribution in [0.3, 0.4) is 0 Å². The van der Waals surface area contributed by atoms with Gasteiger partial charge in [-0.3, -0.25) is 4.90 Å². The third kappa shape index (κ3) is 2.91. The minimum atomic E-state index is -0.504. The first-order valence-corrected chi connectivity index (χ1v) is 7.07. The number of amides is 1. The summed E-state index contributed by atoms with van der Waals surface area (Å²) in [6, 6.07) is 3.91. The van der Waals surface area contributed by atoms with Crippen LogP contribution in [-0.2, 0) is 10.2 Å². The van der Waals surface area contributed by atoms with Crippen molar-refractivity contribution in [2.24, 2.45) is 0 Å². The molecule has 0 bridgehead atoms. The molecule has 1 aliphatic rings. The molecule has 0 aliphatic carbocycles. The highest BCUT2D eigenvalue weighted by atomic mass is 79.9. The zero-order chi connectivity index (χ0) is 14.4. The number of ether oxygens (including phenoxy) is 1. The number of hydrogen-bond acceptors (Lipinski definition) is 3. The number of carbonyl (C=O) groups is 1. The molecule has 1 aromatic heterocycles. The van der Waals surface area contributed by atoms with Crippen LogP contribution >= 0.6 is 15.9 Å². The van der Waals surface area contributed by atoms with Crippen LogP contribution in [0.5, 0.6) is 0 Å². The lowest BCUT2D eigenvalue weighted by Crippen LogP contribution is -2.38. The normalized spacial score (nSPS) is 17.3. The minimum absolute atomic E-state index is 0.111. The van der Waals surface area contributed by atoms with Crippen molar-refractivity contribution in [1.82, 2.24) is 4.98 Å². The summed E-state index contributed by atoms with van der Waals surface area (Å²) < 4.78 is 6.16. The minimum Gasteiger partial charge on any atom is -0.443 e. The molecular formula is C14H19BrN2O2. The van der Waals surface area contributed by atoms with E-state index in [1.165, 1.54) is 0 Å². The molecule has 104 valence electrons. The van der Waals surface area contributed by atoms with Crippen LogP contribution in [-0.4, -0.2) is 23.2 Å². The van der Waals surface area contributed by atoms with E-state index in [1.807, 2.05) is 32.9 Å². The van der Waals surface area contributed by atoms with Crippen LogP contribution in [0.15, 0.2) is 16.7 Å². The molecule has 2 heterocycles. The van der Waals surface area contributed by atoms with Crippen molar-refractivity contribution in [1.29, 1.82) is 0 Å². The van der Waals surface area contributed by atoms with E-state index in [9.17, 15) is 4.79 Å². The molecule has 5 heteroatoms. The summed E-state index contributed by atoms with van der Waals surface area (Å²) in [4.78, 5) is 18.3. The van der Waals surface area contributed by atoms with Crippen molar-refractivity contribution >= 4 is 27.8 Å². The maximum Gasteiger partial charge on any atom is 0.416 e. The van der Waals surface area contributed by atoms with E-state index in [2.05, 4.69) is 34.8 Å². The van der Waals surface area contributed by atoms with Gasteiger partial charge in [-0.05, 0) is 42.8 Å². The van der Waals surface area contributed by atoms with Gasteiger partial charge in [0.2, 0.25) is 0 Å². The van der Waals surface area contributed by atoms with Gasteiger partial charge in [0.25, 0.3) is 0 Å². The predicted molar refractivity (Wildman–Crippen MR) is 78.5 cm³/mol. The molecule has 0 atom stereocenters. The lowest BCUT2D eigenvalue weighted by atomic mass is 9.88. The molecule has 0 aromatic carbocycles. The van der Waals surface area contributed by atoms with E-state index >= 15 is 0 Å². The van der Waals surface area contributed by atoms with Crippen molar-refractivity contribution in [3.05, 3.63) is 22.3 Å². The van der Waals surface area contributed by atoms with E-state index < -0.39 is 5.60 Å². The molecular weight excluding hydrogens is 308 g/mol. The summed E-state index contributed by atoms with van der Waals surface area (Å²) in [6.45, 7) is 10.4. The SMILES string of the molecule is CC(C)(C)OC(=O)N1CC(C)(C)c2ccc(Br)nc21. The number of fused-ring (bicyclic) bond motifs is 1. The van der Waals surface area contributed by atoms with E-state index in [0.29, 0.717) is 12.4 Å². The number of anilines is 1. The van der Waals surface area contributed by atoms with Crippen molar-refractivity contribution in [2.75, 3.05) is 11.4 Å². The molecule has 0 spiro atoms. The molecule has 1 aromatic rings. The highest BCUT2D eigenvalue weighted by Crippen LogP contribution is 2.40. The maximum atomic E-state index is 12.3. The summed E-state index contributed by atoms with van der Waals surface area (Å²) in [5.41, 5.74) is 0.456. The second kappa shape index (κ2) is 4.47. The number of pyridine rings is 1. The van der Waals surface area contributed by atoms with Gasteiger partial charge in [-0.15, -0.1) is 0 Å². The summed E-state index contributed by atoms with van der Waals surface area (Å²) in [7, 11) is 0. The summed E-state index contributed by atoms with van der Waals surface area (Å²) >= 11 is 3.35. The largest absolute Gasteiger partial charge is 0.443 e. The quantitative estimate of drug-likeness (QED) is 0.679. The number of aromatic nitrogens is 1. The van der Waals surface area contributed by atoms with Crippen molar-refractivity contribution in [3.8, 4) is 0 Å². The third-order valence-corrected chi connectivity index (χ3v) is 3.43. The molecule has 0 saturated carbocycles. The molecule has 2 rings (SSSR count). The van der Waals surface area contributed by atoms with Gasteiger partial charge in [-0.1, -0.05) is 19.9 Å². The topological polar surface area (TPSA) is 42.4 Å². The fourth-order valence-corrected chi connectivity index (χ4v) is 2.48. The van der Waals surface area contributed by atoms with E-state index in [4.69, 9.17) is 4.74 Å². The fourth-order valence-electron chi connectivity index (χ4n) is 2.18. The van der Waals surface area contributed by atoms with Crippen molar-refractivity contribution in [3.63, 3.8) is 0 Å². The Bertz CT molecular complexity index is 521. The Morgan fingerprint density at radius 2 is 2.05 bits per heavy atom. The summed E-state index contributed by atoms with van der Waals surface area (Å²) in [5.74, 6) is 0.689. The van der Waals surface area contributed by atoms with Crippen LogP contribution in [0.2, 0.25) is 0 Å². The smallest absolute Gasteiger partial charge is 0.416 e. The third-order valence-electron chi connectivity index (χ3n) is 2.99. The number of halogens is 1. The van der Waals surface area contributed by atoms with Gasteiger partial charge in [0.15, 0.2) is 0 Å². The number of carbonyl (C=O) groups excluding carboxylic acids is 1. The van der Waals surface area contributed by atoms with Crippen LogP contribution < -0.4 is 4.90 Å². The van der Waals surface area contributed by atoms with E-state index in [1.54, 1.807) is 4.90 Å². The number of nitrogens with zero attached hydrogens (tertiary/aromatic N) is 2. The van der Waals surface area contributed by atoms with E-state index in [0.717, 1.165) is 10.2 Å². The van der Waals surface area contributed by atoms with E-state index in [-0.39, 0.29) is 11.5 Å². The van der Waals surface area contributed by atoms with Gasteiger partial charge in [0.05, 0.1) is 0 Å². The Morgan fingerprint density at radius 1 is 1.42 bits per heavy atom. The van der Waals surface area contributed by atoms with Gasteiger partial charge < -0.3 is 4.74 Å². The zero-order valence-electron chi connectivity index (χ0n) is 12.0. The first-order chi connectivity index (χ1) is 8.60. The highest BCUT2D eigenvalue weighted by Gasteiger charge is 2.40. The molecule has 1 aliphatic heterocycles. The zero-order valence-corrected chi connectivity index (χ0v) is 13.5. The molecule has 0 N–H and O–H groups in total. The second-order valence-electron chi connectivity index (χ2n) is 6.46. The van der Waals surface area contributed by atoms with Gasteiger partial charge in [-0.25, -0.2) is 9.78 Å². The van der Waals surface area contributed by atoms with Gasteiger partial charge in [0, 0.05) is 17.5 Å². The van der Waals surface area contributed by atoms with Crippen LogP contribution in [0.1, 0.15) is 40.2 Å². The lowest BCUT2D eigenvalue weighted by Gasteiger charge is -2.25. The molecule has 4 nitrogen and oxygen atoms in total. The summed E-state index contributed by atoms with van der Waals surface area (Å²) in [5, 5.41) is 0. The Balaban J connectivity index is 2.36. The summed E-state index contributed by atoms with van der Waals surface area (Å²) in [6.07, 6.45) is -0.343. The lowest BCUT2D eigenvalue weighted by molar-refractivity contribution is 0.0578. The molecule has 0 saturated heterocycles. The molecule has 0 fully saturated rings. The van der Waals surface area contributed by atoms with Crippen LogP contribution in [0.4, 0.5) is 10.6 Å². The Kier molecular flexibility index (Phi) is 3.37. The second-order valence-corrected chi connectivity index (χ2v) is 7.27. The van der Waals surface area contributed by atoms with Gasteiger partial charge in [0.1, 0.15) is 16.0 Å². The average molecular weight is 327 g/mol. The highest BCUT2D eigenvalue weighted by molar-refractivity contribution is 9.10. The Labute approximate surface area is 122 Å². The monoisotopic (exact) mass is 326 g/mol. The first kappa shape index (κ1) is 14.3. The maximum absolute atomic E-state index is 12.3. The van der Waals surface area contributed by atoms with Gasteiger partial charge >= 0.3 is 6.09 Å². The van der Waals surface area contributed by atoms with Crippen molar-refractivity contribution in [2.45, 2.75) is 45.6 Å². The molecule has 19 heavy (non-hydrogen) atoms. The molecule has 0 unspecified atom stereocenters. The predicted octanol–water partition coefficient (Wildman–Crippen LogP) is 3.88.